The molecule has 0 atom stereocenters. The van der Waals surface area contributed by atoms with E-state index in [4.69, 9.17) is 4.74 Å². The Morgan fingerprint density at radius 2 is 1.71 bits per heavy atom. The molecule has 1 amide bonds. The Hall–Kier alpha value is -3.88. The maximum absolute atomic E-state index is 13.7. The number of anilines is 3. The molecule has 0 bridgehead atoms. The van der Waals surface area contributed by atoms with Crippen LogP contribution < -0.4 is 10.6 Å². The number of halogens is 2. The van der Waals surface area contributed by atoms with Crippen LogP contribution in [0.3, 0.4) is 0 Å². The molecule has 0 radical (unpaired) electrons. The highest BCUT2D eigenvalue weighted by Crippen LogP contribution is 2.21. The first-order valence-corrected chi connectivity index (χ1v) is 8.02. The first kappa shape index (κ1) is 18.9. The van der Waals surface area contributed by atoms with Crippen LogP contribution in [0, 0.1) is 11.6 Å². The van der Waals surface area contributed by atoms with Crippen LogP contribution in [-0.2, 0) is 4.74 Å². The third-order valence-corrected chi connectivity index (χ3v) is 3.67. The van der Waals surface area contributed by atoms with Crippen molar-refractivity contribution in [2.75, 3.05) is 17.7 Å². The van der Waals surface area contributed by atoms with Gasteiger partial charge in [0.2, 0.25) is 5.95 Å². The second-order valence-corrected chi connectivity index (χ2v) is 5.48. The van der Waals surface area contributed by atoms with Gasteiger partial charge in [-0.15, -0.1) is 0 Å². The minimum Gasteiger partial charge on any atom is -0.465 e. The van der Waals surface area contributed by atoms with Crippen molar-refractivity contribution in [3.05, 3.63) is 77.6 Å². The largest absolute Gasteiger partial charge is 0.465 e. The summed E-state index contributed by atoms with van der Waals surface area (Å²) in [6.45, 7) is 0. The molecular weight excluding hydrogens is 370 g/mol. The summed E-state index contributed by atoms with van der Waals surface area (Å²) in [6.07, 6.45) is 1.29. The number of amides is 1. The van der Waals surface area contributed by atoms with Crippen LogP contribution in [0.1, 0.15) is 20.8 Å². The third-order valence-electron chi connectivity index (χ3n) is 3.67. The zero-order chi connectivity index (χ0) is 20.1. The summed E-state index contributed by atoms with van der Waals surface area (Å²) in [6, 6.07) is 11.0. The Bertz CT molecular complexity index is 1020. The van der Waals surface area contributed by atoms with Gasteiger partial charge in [0, 0.05) is 6.20 Å². The fraction of sp³-hybridized carbons (Fsp3) is 0.0526. The molecule has 7 nitrogen and oxygen atoms in total. The monoisotopic (exact) mass is 384 g/mol. The molecule has 0 spiro atoms. The van der Waals surface area contributed by atoms with E-state index in [0.717, 1.165) is 12.1 Å². The van der Waals surface area contributed by atoms with Gasteiger partial charge < -0.3 is 15.4 Å². The smallest absolute Gasteiger partial charge is 0.339 e. The molecule has 1 aromatic heterocycles. The van der Waals surface area contributed by atoms with Crippen LogP contribution in [-0.4, -0.2) is 29.0 Å². The van der Waals surface area contributed by atoms with E-state index in [0.29, 0.717) is 5.69 Å². The molecule has 3 rings (SSSR count). The van der Waals surface area contributed by atoms with E-state index >= 15 is 0 Å². The van der Waals surface area contributed by atoms with Gasteiger partial charge in [0.15, 0.2) is 0 Å². The fourth-order valence-corrected chi connectivity index (χ4v) is 2.34. The molecule has 28 heavy (non-hydrogen) atoms. The lowest BCUT2D eigenvalue weighted by atomic mass is 10.2. The zero-order valence-corrected chi connectivity index (χ0v) is 14.6. The minimum atomic E-state index is -0.909. The van der Waals surface area contributed by atoms with E-state index < -0.39 is 29.2 Å². The fourth-order valence-electron chi connectivity index (χ4n) is 2.34. The Balaban J connectivity index is 1.83. The quantitative estimate of drug-likeness (QED) is 0.654. The summed E-state index contributed by atoms with van der Waals surface area (Å²) in [4.78, 5) is 32.1. The number of carbonyl (C=O) groups is 2. The average Bonchev–Trinajstić information content (AvgIpc) is 2.71. The number of rotatable bonds is 5. The van der Waals surface area contributed by atoms with Gasteiger partial charge in [-0.05, 0) is 30.3 Å². The molecule has 3 aromatic rings. The van der Waals surface area contributed by atoms with E-state index in [1.54, 1.807) is 24.3 Å². The highest BCUT2D eigenvalue weighted by Gasteiger charge is 2.16. The summed E-state index contributed by atoms with van der Waals surface area (Å²) in [5, 5.41) is 4.96. The molecule has 0 unspecified atom stereocenters. The van der Waals surface area contributed by atoms with Crippen molar-refractivity contribution < 1.29 is 23.1 Å². The second kappa shape index (κ2) is 8.21. The SMILES string of the molecule is COC(=O)c1ccccc1Nc1nccc(C(=O)Nc2c(F)cccc2F)n1. The number of ether oxygens (including phenoxy) is 1. The number of esters is 1. The van der Waals surface area contributed by atoms with Gasteiger partial charge in [0.05, 0.1) is 18.4 Å². The lowest BCUT2D eigenvalue weighted by Gasteiger charge is -2.10. The number of benzene rings is 2. The van der Waals surface area contributed by atoms with Crippen molar-refractivity contribution in [2.45, 2.75) is 0 Å². The zero-order valence-electron chi connectivity index (χ0n) is 14.6. The van der Waals surface area contributed by atoms with Crippen LogP contribution >= 0.6 is 0 Å². The van der Waals surface area contributed by atoms with Crippen LogP contribution in [0.25, 0.3) is 0 Å². The van der Waals surface area contributed by atoms with E-state index in [-0.39, 0.29) is 17.2 Å². The molecule has 0 fully saturated rings. The summed E-state index contributed by atoms with van der Waals surface area (Å²) in [5.74, 6) is -3.19. The number of nitrogens with one attached hydrogen (secondary N) is 2. The number of aromatic nitrogens is 2. The Kier molecular flexibility index (Phi) is 5.54. The molecule has 0 saturated carbocycles. The maximum Gasteiger partial charge on any atom is 0.339 e. The van der Waals surface area contributed by atoms with E-state index in [1.165, 1.54) is 25.4 Å². The molecule has 0 aliphatic carbocycles. The molecule has 0 aliphatic rings. The van der Waals surface area contributed by atoms with Crippen molar-refractivity contribution in [1.29, 1.82) is 0 Å². The second-order valence-electron chi connectivity index (χ2n) is 5.48. The highest BCUT2D eigenvalue weighted by molar-refractivity contribution is 6.03. The molecule has 1 heterocycles. The number of methoxy groups -OCH3 is 1. The van der Waals surface area contributed by atoms with Gasteiger partial charge in [-0.2, -0.15) is 0 Å². The average molecular weight is 384 g/mol. The summed E-state index contributed by atoms with van der Waals surface area (Å²) < 4.78 is 32.1. The lowest BCUT2D eigenvalue weighted by Crippen LogP contribution is -2.17. The van der Waals surface area contributed by atoms with Gasteiger partial charge in [-0.25, -0.2) is 23.5 Å². The maximum atomic E-state index is 13.7. The lowest BCUT2D eigenvalue weighted by molar-refractivity contribution is 0.0601. The molecule has 0 saturated heterocycles. The highest BCUT2D eigenvalue weighted by atomic mass is 19.1. The molecular formula is C19H14F2N4O3. The normalized spacial score (nSPS) is 10.2. The van der Waals surface area contributed by atoms with Gasteiger partial charge in [0.25, 0.3) is 5.91 Å². The number of nitrogens with zero attached hydrogens (tertiary/aromatic N) is 2. The van der Waals surface area contributed by atoms with E-state index in [9.17, 15) is 18.4 Å². The Morgan fingerprint density at radius 3 is 2.43 bits per heavy atom. The predicted octanol–water partition coefficient (Wildman–Crippen LogP) is 3.54. The first-order valence-electron chi connectivity index (χ1n) is 8.02. The van der Waals surface area contributed by atoms with Crippen molar-refractivity contribution in [2.24, 2.45) is 0 Å². The van der Waals surface area contributed by atoms with Gasteiger partial charge in [-0.3, -0.25) is 4.79 Å². The summed E-state index contributed by atoms with van der Waals surface area (Å²) in [5.41, 5.74) is -0.0868. The summed E-state index contributed by atoms with van der Waals surface area (Å²) in [7, 11) is 1.25. The van der Waals surface area contributed by atoms with Crippen molar-refractivity contribution in [3.63, 3.8) is 0 Å². The molecule has 9 heteroatoms. The number of carbonyl (C=O) groups excluding carboxylic acids is 2. The van der Waals surface area contributed by atoms with Crippen molar-refractivity contribution in [3.8, 4) is 0 Å². The number of hydrogen-bond donors (Lipinski definition) is 2. The predicted molar refractivity (Wildman–Crippen MR) is 97.4 cm³/mol. The standard InChI is InChI=1S/C19H14F2N4O3/c1-28-18(27)11-5-2-3-8-14(11)23-19-22-10-9-15(24-19)17(26)25-16-12(20)6-4-7-13(16)21/h2-10H,1H3,(H,25,26)(H,22,23,24). The van der Waals surface area contributed by atoms with Crippen molar-refractivity contribution >= 4 is 29.2 Å². The molecule has 142 valence electrons. The van der Waals surface area contributed by atoms with Crippen LogP contribution in [0.5, 0.6) is 0 Å². The number of para-hydroxylation sites is 2. The van der Waals surface area contributed by atoms with Crippen LogP contribution in [0.4, 0.5) is 26.1 Å². The first-order chi connectivity index (χ1) is 13.5. The summed E-state index contributed by atoms with van der Waals surface area (Å²) >= 11 is 0. The Labute approximate surface area is 158 Å². The number of hydrogen-bond acceptors (Lipinski definition) is 6. The van der Waals surface area contributed by atoms with Gasteiger partial charge >= 0.3 is 5.97 Å². The molecule has 0 aliphatic heterocycles. The van der Waals surface area contributed by atoms with Crippen LogP contribution in [0.15, 0.2) is 54.7 Å². The van der Waals surface area contributed by atoms with Crippen LogP contribution in [0.2, 0.25) is 0 Å². The molecule has 2 aromatic carbocycles. The Morgan fingerprint density at radius 1 is 1.00 bits per heavy atom. The van der Waals surface area contributed by atoms with E-state index in [2.05, 4.69) is 20.6 Å². The van der Waals surface area contributed by atoms with Gasteiger partial charge in [-0.1, -0.05) is 18.2 Å². The van der Waals surface area contributed by atoms with Gasteiger partial charge in [0.1, 0.15) is 23.0 Å². The third kappa shape index (κ3) is 4.09. The van der Waals surface area contributed by atoms with Crippen molar-refractivity contribution in [1.82, 2.24) is 9.97 Å². The minimum absolute atomic E-state index is 0.0120. The molecule has 2 N–H and O–H groups in total. The van der Waals surface area contributed by atoms with E-state index in [1.807, 2.05) is 0 Å². The topological polar surface area (TPSA) is 93.2 Å².